The Kier molecular flexibility index (Phi) is 2.58. The molecule has 1 aromatic heterocycles. The van der Waals surface area contributed by atoms with Crippen molar-refractivity contribution in [2.75, 3.05) is 0 Å². The largest absolute Gasteiger partial charge is 0.309 e. The molecule has 0 spiro atoms. The lowest BCUT2D eigenvalue weighted by molar-refractivity contribution is 0.457. The topological polar surface area (TPSA) is 24.9 Å². The molecule has 1 aromatic rings. The SMILES string of the molecule is Cc1ccncc1CNC1C(C)(C)C1(C)C. The number of aromatic nitrogens is 1. The first-order valence-electron chi connectivity index (χ1n) is 6.00. The third-order valence-corrected chi connectivity index (χ3v) is 4.66. The summed E-state index contributed by atoms with van der Waals surface area (Å²) in [6.07, 6.45) is 3.81. The van der Waals surface area contributed by atoms with Crippen molar-refractivity contribution in [2.24, 2.45) is 10.8 Å². The maximum Gasteiger partial charge on any atom is 0.0315 e. The molecule has 1 heterocycles. The van der Waals surface area contributed by atoms with Crippen LogP contribution < -0.4 is 5.32 Å². The summed E-state index contributed by atoms with van der Waals surface area (Å²) in [7, 11) is 0. The summed E-state index contributed by atoms with van der Waals surface area (Å²) in [4.78, 5) is 4.18. The molecule has 1 aliphatic carbocycles. The van der Waals surface area contributed by atoms with Crippen molar-refractivity contribution in [1.29, 1.82) is 0 Å². The first-order chi connectivity index (χ1) is 7.37. The zero-order valence-electron chi connectivity index (χ0n) is 11.0. The van der Waals surface area contributed by atoms with Crippen molar-refractivity contribution < 1.29 is 0 Å². The minimum absolute atomic E-state index is 0.406. The lowest BCUT2D eigenvalue weighted by atomic mass is 10.0. The van der Waals surface area contributed by atoms with Gasteiger partial charge in [0.05, 0.1) is 0 Å². The molecule has 0 aliphatic heterocycles. The second kappa shape index (κ2) is 3.56. The van der Waals surface area contributed by atoms with Crippen molar-refractivity contribution in [1.82, 2.24) is 10.3 Å². The first kappa shape index (κ1) is 11.6. The van der Waals surface area contributed by atoms with Gasteiger partial charge in [-0.3, -0.25) is 4.98 Å². The highest BCUT2D eigenvalue weighted by molar-refractivity contribution is 5.23. The van der Waals surface area contributed by atoms with Gasteiger partial charge >= 0.3 is 0 Å². The smallest absolute Gasteiger partial charge is 0.0315 e. The van der Waals surface area contributed by atoms with E-state index in [0.29, 0.717) is 16.9 Å². The number of pyridine rings is 1. The number of hydrogen-bond acceptors (Lipinski definition) is 2. The molecule has 0 saturated heterocycles. The lowest BCUT2D eigenvalue weighted by Gasteiger charge is -2.08. The number of aryl methyl sites for hydroxylation is 1. The summed E-state index contributed by atoms with van der Waals surface area (Å²) in [6.45, 7) is 12.4. The van der Waals surface area contributed by atoms with Crippen LogP contribution in [-0.4, -0.2) is 11.0 Å². The summed E-state index contributed by atoms with van der Waals surface area (Å²) < 4.78 is 0. The van der Waals surface area contributed by atoms with Crippen molar-refractivity contribution >= 4 is 0 Å². The van der Waals surface area contributed by atoms with Gasteiger partial charge < -0.3 is 5.32 Å². The van der Waals surface area contributed by atoms with Gasteiger partial charge in [0.2, 0.25) is 0 Å². The molecule has 0 amide bonds. The quantitative estimate of drug-likeness (QED) is 0.843. The highest BCUT2D eigenvalue weighted by Crippen LogP contribution is 2.62. The molecule has 1 N–H and O–H groups in total. The molecule has 2 nitrogen and oxygen atoms in total. The Morgan fingerprint density at radius 1 is 1.25 bits per heavy atom. The van der Waals surface area contributed by atoms with E-state index in [9.17, 15) is 0 Å². The van der Waals surface area contributed by atoms with Crippen LogP contribution in [0.2, 0.25) is 0 Å². The van der Waals surface area contributed by atoms with Crippen LogP contribution in [-0.2, 0) is 6.54 Å². The van der Waals surface area contributed by atoms with E-state index in [-0.39, 0.29) is 0 Å². The van der Waals surface area contributed by atoms with Crippen molar-refractivity contribution in [3.8, 4) is 0 Å². The zero-order valence-corrected chi connectivity index (χ0v) is 11.0. The number of hydrogen-bond donors (Lipinski definition) is 1. The Morgan fingerprint density at radius 3 is 2.38 bits per heavy atom. The van der Waals surface area contributed by atoms with Crippen molar-refractivity contribution in [3.05, 3.63) is 29.6 Å². The standard InChI is InChI=1S/C14H22N2/c1-10-6-7-15-8-11(10)9-16-12-13(2,3)14(12,4)5/h6-8,12,16H,9H2,1-5H3. The molecule has 1 fully saturated rings. The predicted octanol–water partition coefficient (Wildman–Crippen LogP) is 2.91. The molecule has 0 atom stereocenters. The molecule has 2 heteroatoms. The fourth-order valence-corrected chi connectivity index (χ4v) is 2.60. The molecular formula is C14H22N2. The van der Waals surface area contributed by atoms with Crippen LogP contribution in [0.15, 0.2) is 18.5 Å². The molecule has 0 aromatic carbocycles. The third-order valence-electron chi connectivity index (χ3n) is 4.66. The predicted molar refractivity (Wildman–Crippen MR) is 67.2 cm³/mol. The number of nitrogens with one attached hydrogen (secondary N) is 1. The Morgan fingerprint density at radius 2 is 1.88 bits per heavy atom. The second-order valence-corrected chi connectivity index (χ2v) is 6.06. The molecule has 0 bridgehead atoms. The third kappa shape index (κ3) is 1.65. The van der Waals surface area contributed by atoms with Gasteiger partial charge in [-0.2, -0.15) is 0 Å². The number of nitrogens with zero attached hydrogens (tertiary/aromatic N) is 1. The Hall–Kier alpha value is -0.890. The van der Waals surface area contributed by atoms with E-state index in [1.807, 2.05) is 12.4 Å². The molecule has 16 heavy (non-hydrogen) atoms. The summed E-state index contributed by atoms with van der Waals surface area (Å²) in [5, 5.41) is 3.65. The van der Waals surface area contributed by atoms with E-state index in [0.717, 1.165) is 6.54 Å². The van der Waals surface area contributed by atoms with E-state index >= 15 is 0 Å². The Balaban J connectivity index is 1.98. The zero-order chi connectivity index (χ0) is 12.0. The summed E-state index contributed by atoms with van der Waals surface area (Å²) >= 11 is 0. The molecule has 88 valence electrons. The summed E-state index contributed by atoms with van der Waals surface area (Å²) in [6, 6.07) is 2.68. The van der Waals surface area contributed by atoms with Gasteiger partial charge in [0, 0.05) is 25.0 Å². The van der Waals surface area contributed by atoms with Crippen LogP contribution in [0.5, 0.6) is 0 Å². The van der Waals surface area contributed by atoms with E-state index in [1.54, 1.807) is 0 Å². The maximum absolute atomic E-state index is 4.18. The minimum atomic E-state index is 0.406. The van der Waals surface area contributed by atoms with E-state index in [4.69, 9.17) is 0 Å². The van der Waals surface area contributed by atoms with Crippen LogP contribution in [0, 0.1) is 17.8 Å². The van der Waals surface area contributed by atoms with Crippen LogP contribution in [0.4, 0.5) is 0 Å². The number of rotatable bonds is 3. The Labute approximate surface area is 98.5 Å². The molecule has 1 aliphatic rings. The first-order valence-corrected chi connectivity index (χ1v) is 6.00. The molecule has 0 radical (unpaired) electrons. The van der Waals surface area contributed by atoms with Gasteiger partial charge in [-0.1, -0.05) is 27.7 Å². The normalized spacial score (nSPS) is 22.1. The highest BCUT2D eigenvalue weighted by atomic mass is 15.0. The van der Waals surface area contributed by atoms with E-state index in [1.165, 1.54) is 11.1 Å². The fraction of sp³-hybridized carbons (Fsp3) is 0.643. The van der Waals surface area contributed by atoms with Gasteiger partial charge in [-0.15, -0.1) is 0 Å². The van der Waals surface area contributed by atoms with Gasteiger partial charge in [0.15, 0.2) is 0 Å². The maximum atomic E-state index is 4.18. The highest BCUT2D eigenvalue weighted by Gasteiger charge is 2.64. The van der Waals surface area contributed by atoms with Crippen LogP contribution in [0.1, 0.15) is 38.8 Å². The monoisotopic (exact) mass is 218 g/mol. The Bertz CT molecular complexity index is 379. The van der Waals surface area contributed by atoms with Crippen molar-refractivity contribution in [3.63, 3.8) is 0 Å². The van der Waals surface area contributed by atoms with Crippen molar-refractivity contribution in [2.45, 2.75) is 47.2 Å². The molecule has 2 rings (SSSR count). The second-order valence-electron chi connectivity index (χ2n) is 6.06. The fourth-order valence-electron chi connectivity index (χ4n) is 2.60. The van der Waals surface area contributed by atoms with Crippen LogP contribution >= 0.6 is 0 Å². The van der Waals surface area contributed by atoms with Gasteiger partial charge in [-0.05, 0) is 34.9 Å². The van der Waals surface area contributed by atoms with Gasteiger partial charge in [0.1, 0.15) is 0 Å². The van der Waals surface area contributed by atoms with E-state index in [2.05, 4.69) is 51.0 Å². The van der Waals surface area contributed by atoms with Gasteiger partial charge in [0.25, 0.3) is 0 Å². The van der Waals surface area contributed by atoms with E-state index < -0.39 is 0 Å². The van der Waals surface area contributed by atoms with Crippen LogP contribution in [0.3, 0.4) is 0 Å². The minimum Gasteiger partial charge on any atom is -0.309 e. The molecule has 0 unspecified atom stereocenters. The average molecular weight is 218 g/mol. The van der Waals surface area contributed by atoms with Gasteiger partial charge in [-0.25, -0.2) is 0 Å². The van der Waals surface area contributed by atoms with Crippen LogP contribution in [0.25, 0.3) is 0 Å². The lowest BCUT2D eigenvalue weighted by Crippen LogP contribution is -2.22. The molecular weight excluding hydrogens is 196 g/mol. The average Bonchev–Trinajstić information content (AvgIpc) is 2.58. The summed E-state index contributed by atoms with van der Waals surface area (Å²) in [5.74, 6) is 0. The summed E-state index contributed by atoms with van der Waals surface area (Å²) in [5.41, 5.74) is 3.44. The molecule has 1 saturated carbocycles.